The molecule has 0 fully saturated rings. The van der Waals surface area contributed by atoms with Crippen molar-refractivity contribution in [1.82, 2.24) is 14.9 Å². The third-order valence-corrected chi connectivity index (χ3v) is 6.05. The quantitative estimate of drug-likeness (QED) is 0.332. The van der Waals surface area contributed by atoms with Gasteiger partial charge in [-0.05, 0) is 79.9 Å². The molecule has 0 atom stereocenters. The number of carbonyl (C=O) groups excluding carboxylic acids is 1. The van der Waals surface area contributed by atoms with Gasteiger partial charge in [0.1, 0.15) is 17.4 Å². The molecular formula is C26H25ClFN3O2. The molecule has 5 nitrogen and oxygen atoms in total. The van der Waals surface area contributed by atoms with Crippen molar-refractivity contribution >= 4 is 28.5 Å². The second kappa shape index (κ2) is 10.0. The molecule has 0 aliphatic carbocycles. The summed E-state index contributed by atoms with van der Waals surface area (Å²) in [5, 5.41) is 3.65. The smallest absolute Gasteiger partial charge is 0.251 e. The zero-order valence-corrected chi connectivity index (χ0v) is 19.3. The molecule has 0 saturated carbocycles. The van der Waals surface area contributed by atoms with Gasteiger partial charge in [0, 0.05) is 17.1 Å². The van der Waals surface area contributed by atoms with E-state index in [9.17, 15) is 9.18 Å². The van der Waals surface area contributed by atoms with Gasteiger partial charge in [0.15, 0.2) is 0 Å². The number of benzene rings is 3. The van der Waals surface area contributed by atoms with Crippen molar-refractivity contribution in [1.29, 1.82) is 0 Å². The molecule has 170 valence electrons. The van der Waals surface area contributed by atoms with Gasteiger partial charge in [0.2, 0.25) is 0 Å². The van der Waals surface area contributed by atoms with Crippen molar-refractivity contribution < 1.29 is 13.9 Å². The number of aryl methyl sites for hydroxylation is 3. The monoisotopic (exact) mass is 465 g/mol. The number of aromatic nitrogens is 2. The highest BCUT2D eigenvalue weighted by Crippen LogP contribution is 2.26. The van der Waals surface area contributed by atoms with Gasteiger partial charge in [-0.1, -0.05) is 23.7 Å². The average molecular weight is 466 g/mol. The summed E-state index contributed by atoms with van der Waals surface area (Å²) in [7, 11) is 0. The second-order valence-corrected chi connectivity index (χ2v) is 8.31. The van der Waals surface area contributed by atoms with Crippen LogP contribution >= 0.6 is 11.6 Å². The van der Waals surface area contributed by atoms with Crippen LogP contribution in [-0.4, -0.2) is 22.1 Å². The van der Waals surface area contributed by atoms with E-state index in [2.05, 4.69) is 9.88 Å². The number of fused-ring (bicyclic) bond motifs is 1. The topological polar surface area (TPSA) is 56.1 Å². The number of para-hydroxylation sites is 2. The van der Waals surface area contributed by atoms with Crippen LogP contribution in [0.25, 0.3) is 11.0 Å². The number of carbonyl (C=O) groups is 1. The molecule has 0 aliphatic rings. The van der Waals surface area contributed by atoms with E-state index < -0.39 is 0 Å². The first-order chi connectivity index (χ1) is 15.9. The molecule has 1 N–H and O–H groups in total. The van der Waals surface area contributed by atoms with Crippen LogP contribution in [0, 0.1) is 19.7 Å². The number of ether oxygens (including phenoxy) is 1. The fourth-order valence-corrected chi connectivity index (χ4v) is 3.88. The van der Waals surface area contributed by atoms with Gasteiger partial charge in [0.25, 0.3) is 5.91 Å². The summed E-state index contributed by atoms with van der Waals surface area (Å²) in [5.41, 5.74) is 4.26. The fourth-order valence-electron chi connectivity index (χ4n) is 3.77. The number of hydrogen-bond donors (Lipinski definition) is 1. The molecule has 0 bridgehead atoms. The second-order valence-electron chi connectivity index (χ2n) is 7.93. The molecule has 1 amide bonds. The van der Waals surface area contributed by atoms with Crippen LogP contribution in [0.4, 0.5) is 4.39 Å². The van der Waals surface area contributed by atoms with E-state index in [1.807, 2.05) is 50.2 Å². The average Bonchev–Trinajstić information content (AvgIpc) is 3.16. The summed E-state index contributed by atoms with van der Waals surface area (Å²) < 4.78 is 21.2. The minimum absolute atomic E-state index is 0.265. The summed E-state index contributed by atoms with van der Waals surface area (Å²) in [6.07, 6.45) is 0.764. The van der Waals surface area contributed by atoms with E-state index in [-0.39, 0.29) is 18.3 Å². The van der Waals surface area contributed by atoms with Gasteiger partial charge < -0.3 is 14.6 Å². The highest BCUT2D eigenvalue weighted by molar-refractivity contribution is 6.32. The summed E-state index contributed by atoms with van der Waals surface area (Å²) in [4.78, 5) is 17.1. The van der Waals surface area contributed by atoms with Crippen LogP contribution in [-0.2, 0) is 13.1 Å². The molecule has 3 aromatic carbocycles. The largest absolute Gasteiger partial charge is 0.494 e. The van der Waals surface area contributed by atoms with Gasteiger partial charge in [0.05, 0.1) is 24.2 Å². The van der Waals surface area contributed by atoms with E-state index >= 15 is 0 Å². The number of halogens is 2. The lowest BCUT2D eigenvalue weighted by Crippen LogP contribution is -2.25. The lowest BCUT2D eigenvalue weighted by atomic mass is 10.1. The van der Waals surface area contributed by atoms with Crippen LogP contribution < -0.4 is 10.1 Å². The molecule has 7 heteroatoms. The van der Waals surface area contributed by atoms with Crippen LogP contribution in [0.1, 0.15) is 33.7 Å². The standard InChI is InChI=1S/C26H25ClFN3O2/c1-17-14-21(15-18(2)25(17)27)33-13-5-12-31-23-7-4-3-6-22(23)30-24(31)16-29-26(32)19-8-10-20(28)11-9-19/h3-4,6-11,14-15H,5,12-13,16H2,1-2H3,(H,29,32). The molecule has 0 unspecified atom stereocenters. The minimum atomic E-state index is -0.375. The fraction of sp³-hybridized carbons (Fsp3) is 0.231. The van der Waals surface area contributed by atoms with E-state index in [0.29, 0.717) is 18.7 Å². The molecule has 0 saturated heterocycles. The van der Waals surface area contributed by atoms with Crippen molar-refractivity contribution in [3.05, 3.63) is 94.0 Å². The van der Waals surface area contributed by atoms with Crippen molar-refractivity contribution in [2.24, 2.45) is 0 Å². The Morgan fingerprint density at radius 2 is 1.79 bits per heavy atom. The molecule has 1 heterocycles. The number of rotatable bonds is 8. The first kappa shape index (κ1) is 22.8. The third-order valence-electron chi connectivity index (χ3n) is 5.45. The first-order valence-electron chi connectivity index (χ1n) is 10.8. The third kappa shape index (κ3) is 5.34. The van der Waals surface area contributed by atoms with Gasteiger partial charge >= 0.3 is 0 Å². The molecular weight excluding hydrogens is 441 g/mol. The summed E-state index contributed by atoms with van der Waals surface area (Å²) in [6, 6.07) is 17.2. The van der Waals surface area contributed by atoms with Gasteiger partial charge in [-0.15, -0.1) is 0 Å². The SMILES string of the molecule is Cc1cc(OCCCn2c(CNC(=O)c3ccc(F)cc3)nc3ccccc32)cc(C)c1Cl. The number of hydrogen-bond acceptors (Lipinski definition) is 3. The van der Waals surface area contributed by atoms with Crippen molar-refractivity contribution in [2.75, 3.05) is 6.61 Å². The Kier molecular flexibility index (Phi) is 6.94. The van der Waals surface area contributed by atoms with E-state index in [1.165, 1.54) is 24.3 Å². The number of imidazole rings is 1. The lowest BCUT2D eigenvalue weighted by Gasteiger charge is -2.12. The molecule has 33 heavy (non-hydrogen) atoms. The zero-order chi connectivity index (χ0) is 23.4. The van der Waals surface area contributed by atoms with E-state index in [1.54, 1.807) is 0 Å². The Balaban J connectivity index is 1.42. The predicted molar refractivity (Wildman–Crippen MR) is 128 cm³/mol. The summed E-state index contributed by atoms with van der Waals surface area (Å²) in [6.45, 7) is 5.42. The van der Waals surface area contributed by atoms with E-state index in [0.717, 1.165) is 45.2 Å². The molecule has 0 aliphatic heterocycles. The lowest BCUT2D eigenvalue weighted by molar-refractivity contribution is 0.0949. The minimum Gasteiger partial charge on any atom is -0.494 e. The van der Waals surface area contributed by atoms with Crippen molar-refractivity contribution in [3.8, 4) is 5.75 Å². The highest BCUT2D eigenvalue weighted by atomic mass is 35.5. The molecule has 1 aromatic heterocycles. The van der Waals surface area contributed by atoms with Gasteiger partial charge in [-0.25, -0.2) is 9.37 Å². The van der Waals surface area contributed by atoms with Crippen molar-refractivity contribution in [2.45, 2.75) is 33.4 Å². The maximum atomic E-state index is 13.1. The summed E-state index contributed by atoms with van der Waals surface area (Å²) in [5.74, 6) is 0.909. The normalized spacial score (nSPS) is 11.0. The molecule has 0 radical (unpaired) electrons. The predicted octanol–water partition coefficient (Wildman–Crippen LogP) is 5.84. The van der Waals surface area contributed by atoms with Crippen LogP contribution in [0.3, 0.4) is 0 Å². The maximum absolute atomic E-state index is 13.1. The number of nitrogens with zero attached hydrogens (tertiary/aromatic N) is 2. The molecule has 4 rings (SSSR count). The van der Waals surface area contributed by atoms with Crippen LogP contribution in [0.5, 0.6) is 5.75 Å². The molecule has 4 aromatic rings. The highest BCUT2D eigenvalue weighted by Gasteiger charge is 2.13. The Labute approximate surface area is 197 Å². The van der Waals surface area contributed by atoms with Crippen LogP contribution in [0.15, 0.2) is 60.7 Å². The number of amides is 1. The van der Waals surface area contributed by atoms with Crippen LogP contribution in [0.2, 0.25) is 5.02 Å². The molecule has 0 spiro atoms. The Morgan fingerprint density at radius 1 is 1.09 bits per heavy atom. The number of nitrogens with one attached hydrogen (secondary N) is 1. The van der Waals surface area contributed by atoms with Gasteiger partial charge in [-0.2, -0.15) is 0 Å². The maximum Gasteiger partial charge on any atom is 0.251 e. The Bertz CT molecular complexity index is 1260. The van der Waals surface area contributed by atoms with Gasteiger partial charge in [-0.3, -0.25) is 4.79 Å². The summed E-state index contributed by atoms with van der Waals surface area (Å²) >= 11 is 6.24. The van der Waals surface area contributed by atoms with Crippen molar-refractivity contribution in [3.63, 3.8) is 0 Å². The zero-order valence-electron chi connectivity index (χ0n) is 18.6. The Hall–Kier alpha value is -3.38. The first-order valence-corrected chi connectivity index (χ1v) is 11.2. The van der Waals surface area contributed by atoms with E-state index in [4.69, 9.17) is 21.3 Å². The Morgan fingerprint density at radius 3 is 2.52 bits per heavy atom.